The highest BCUT2D eigenvalue weighted by Crippen LogP contribution is 2.21. The minimum absolute atomic E-state index is 0.0146. The van der Waals surface area contributed by atoms with Crippen LogP contribution < -0.4 is 15.6 Å². The molecule has 2 aromatic carbocycles. The lowest BCUT2D eigenvalue weighted by Gasteiger charge is -2.10. The lowest BCUT2D eigenvalue weighted by Crippen LogP contribution is -2.30. The van der Waals surface area contributed by atoms with E-state index in [2.05, 4.69) is 15.3 Å². The zero-order valence-electron chi connectivity index (χ0n) is 17.4. The lowest BCUT2D eigenvalue weighted by molar-refractivity contribution is -0.120. The van der Waals surface area contributed by atoms with Crippen molar-refractivity contribution in [2.75, 3.05) is 13.7 Å². The Balaban J connectivity index is 1.56. The van der Waals surface area contributed by atoms with Gasteiger partial charge in [0.15, 0.2) is 5.16 Å². The monoisotopic (exact) mass is 457 g/mol. The van der Waals surface area contributed by atoms with Crippen molar-refractivity contribution < 1.29 is 9.53 Å². The highest BCUT2D eigenvalue weighted by atomic mass is 35.5. The molecule has 3 aromatic rings. The van der Waals surface area contributed by atoms with Crippen molar-refractivity contribution in [1.29, 1.82) is 0 Å². The Kier molecular flexibility index (Phi) is 8.14. The SMILES string of the molecule is COc1ccccc1CCNC(=O)Cc1c(C)nc(SCc2cccc(Cl)c2)[nH]c1=O. The Morgan fingerprint density at radius 3 is 2.77 bits per heavy atom. The molecule has 0 bridgehead atoms. The summed E-state index contributed by atoms with van der Waals surface area (Å²) in [6.45, 7) is 2.20. The van der Waals surface area contributed by atoms with Crippen molar-refractivity contribution in [2.24, 2.45) is 0 Å². The summed E-state index contributed by atoms with van der Waals surface area (Å²) in [5.41, 5.74) is 2.69. The van der Waals surface area contributed by atoms with Gasteiger partial charge in [0.2, 0.25) is 5.91 Å². The molecule has 8 heteroatoms. The largest absolute Gasteiger partial charge is 0.496 e. The lowest BCUT2D eigenvalue weighted by atomic mass is 10.1. The number of hydrogen-bond donors (Lipinski definition) is 2. The summed E-state index contributed by atoms with van der Waals surface area (Å²) in [5.74, 6) is 1.20. The third kappa shape index (κ3) is 6.60. The standard InChI is InChI=1S/C23H24ClN3O3S/c1-15-19(13-21(28)25-11-10-17-7-3-4-9-20(17)30-2)22(29)27-23(26-15)31-14-16-6-5-8-18(24)12-16/h3-9,12H,10-11,13-14H2,1-2H3,(H,25,28)(H,26,27,29). The van der Waals surface area contributed by atoms with Crippen molar-refractivity contribution in [3.63, 3.8) is 0 Å². The molecular formula is C23H24ClN3O3S. The van der Waals surface area contributed by atoms with Crippen LogP contribution >= 0.6 is 23.4 Å². The number of benzene rings is 2. The van der Waals surface area contributed by atoms with Gasteiger partial charge in [0.25, 0.3) is 5.56 Å². The van der Waals surface area contributed by atoms with Crippen molar-refractivity contribution in [3.05, 3.63) is 86.3 Å². The second-order valence-corrected chi connectivity index (χ2v) is 8.34. The van der Waals surface area contributed by atoms with E-state index in [1.54, 1.807) is 14.0 Å². The van der Waals surface area contributed by atoms with Gasteiger partial charge < -0.3 is 15.0 Å². The van der Waals surface area contributed by atoms with Gasteiger partial charge in [-0.15, -0.1) is 0 Å². The first kappa shape index (κ1) is 22.9. The predicted octanol–water partition coefficient (Wildman–Crippen LogP) is 3.93. The molecule has 0 unspecified atom stereocenters. The first-order valence-corrected chi connectivity index (χ1v) is 11.2. The van der Waals surface area contributed by atoms with Crippen LogP contribution in [0.4, 0.5) is 0 Å². The predicted molar refractivity (Wildman–Crippen MR) is 124 cm³/mol. The molecule has 0 saturated carbocycles. The molecule has 1 amide bonds. The number of para-hydroxylation sites is 1. The molecule has 2 N–H and O–H groups in total. The summed E-state index contributed by atoms with van der Waals surface area (Å²) in [4.78, 5) is 32.1. The molecule has 1 heterocycles. The average molecular weight is 458 g/mol. The topological polar surface area (TPSA) is 84.1 Å². The highest BCUT2D eigenvalue weighted by Gasteiger charge is 2.13. The van der Waals surface area contributed by atoms with Crippen molar-refractivity contribution in [3.8, 4) is 5.75 Å². The van der Waals surface area contributed by atoms with E-state index in [-0.39, 0.29) is 17.9 Å². The van der Waals surface area contributed by atoms with E-state index in [0.717, 1.165) is 16.9 Å². The number of rotatable bonds is 9. The molecule has 0 saturated heterocycles. The molecule has 1 aromatic heterocycles. The number of halogens is 1. The van der Waals surface area contributed by atoms with Gasteiger partial charge >= 0.3 is 0 Å². The quantitative estimate of drug-likeness (QED) is 0.375. The van der Waals surface area contributed by atoms with E-state index in [9.17, 15) is 9.59 Å². The first-order chi connectivity index (χ1) is 15.0. The summed E-state index contributed by atoms with van der Waals surface area (Å²) in [6.07, 6.45) is 0.627. The molecule has 0 spiro atoms. The number of amides is 1. The number of carbonyl (C=O) groups is 1. The molecule has 0 fully saturated rings. The van der Waals surface area contributed by atoms with Gasteiger partial charge in [-0.1, -0.05) is 53.7 Å². The van der Waals surface area contributed by atoms with Crippen molar-refractivity contribution in [2.45, 2.75) is 30.7 Å². The van der Waals surface area contributed by atoms with Gasteiger partial charge in [-0.2, -0.15) is 0 Å². The van der Waals surface area contributed by atoms with E-state index in [0.29, 0.717) is 40.2 Å². The number of nitrogens with one attached hydrogen (secondary N) is 2. The second kappa shape index (κ2) is 11.0. The Labute approximate surface area is 190 Å². The van der Waals surface area contributed by atoms with Gasteiger partial charge in [-0.3, -0.25) is 9.59 Å². The first-order valence-electron chi connectivity index (χ1n) is 9.82. The number of ether oxygens (including phenoxy) is 1. The zero-order chi connectivity index (χ0) is 22.2. The maximum absolute atomic E-state index is 12.5. The van der Waals surface area contributed by atoms with E-state index < -0.39 is 0 Å². The van der Waals surface area contributed by atoms with Crippen LogP contribution in [0.3, 0.4) is 0 Å². The van der Waals surface area contributed by atoms with Crippen LogP contribution in [0.5, 0.6) is 5.75 Å². The Hall–Kier alpha value is -2.77. The van der Waals surface area contributed by atoms with Gasteiger partial charge in [0.1, 0.15) is 5.75 Å². The zero-order valence-corrected chi connectivity index (χ0v) is 19.0. The minimum atomic E-state index is -0.291. The van der Waals surface area contributed by atoms with Crippen LogP contribution in [-0.2, 0) is 23.4 Å². The molecule has 0 radical (unpaired) electrons. The molecule has 0 aliphatic carbocycles. The smallest absolute Gasteiger partial charge is 0.255 e. The molecule has 31 heavy (non-hydrogen) atoms. The van der Waals surface area contributed by atoms with Crippen molar-refractivity contribution >= 4 is 29.3 Å². The van der Waals surface area contributed by atoms with E-state index >= 15 is 0 Å². The third-order valence-electron chi connectivity index (χ3n) is 4.71. The van der Waals surface area contributed by atoms with Gasteiger partial charge in [-0.25, -0.2) is 4.98 Å². The van der Waals surface area contributed by atoms with Crippen LogP contribution in [0.15, 0.2) is 58.5 Å². The second-order valence-electron chi connectivity index (χ2n) is 6.94. The number of carbonyl (C=O) groups excluding carboxylic acids is 1. The summed E-state index contributed by atoms with van der Waals surface area (Å²) >= 11 is 7.42. The van der Waals surface area contributed by atoms with E-state index in [1.807, 2.05) is 48.5 Å². The Morgan fingerprint density at radius 2 is 2.03 bits per heavy atom. The minimum Gasteiger partial charge on any atom is -0.496 e. The van der Waals surface area contributed by atoms with Crippen LogP contribution in [0, 0.1) is 6.92 Å². The molecule has 3 rings (SSSR count). The molecule has 162 valence electrons. The fourth-order valence-corrected chi connectivity index (χ4v) is 4.17. The molecule has 0 aliphatic heterocycles. The number of aromatic amines is 1. The van der Waals surface area contributed by atoms with E-state index in [1.165, 1.54) is 11.8 Å². The third-order valence-corrected chi connectivity index (χ3v) is 5.89. The van der Waals surface area contributed by atoms with Gasteiger partial charge in [0, 0.05) is 28.6 Å². The summed E-state index contributed by atoms with van der Waals surface area (Å²) in [6, 6.07) is 15.2. The van der Waals surface area contributed by atoms with E-state index in [4.69, 9.17) is 16.3 Å². The maximum atomic E-state index is 12.5. The molecular weight excluding hydrogens is 434 g/mol. The highest BCUT2D eigenvalue weighted by molar-refractivity contribution is 7.98. The number of aryl methyl sites for hydroxylation is 1. The van der Waals surface area contributed by atoms with Crippen LogP contribution in [-0.4, -0.2) is 29.5 Å². The summed E-state index contributed by atoms with van der Waals surface area (Å²) < 4.78 is 5.32. The van der Waals surface area contributed by atoms with Crippen molar-refractivity contribution in [1.82, 2.24) is 15.3 Å². The van der Waals surface area contributed by atoms with Crippen LogP contribution in [0.2, 0.25) is 5.02 Å². The Bertz CT molecular complexity index is 1120. The summed E-state index contributed by atoms with van der Waals surface area (Å²) in [5, 5.41) is 4.04. The van der Waals surface area contributed by atoms with Crippen LogP contribution in [0.25, 0.3) is 0 Å². The van der Waals surface area contributed by atoms with Gasteiger partial charge in [0.05, 0.1) is 13.5 Å². The fourth-order valence-electron chi connectivity index (χ4n) is 3.11. The van der Waals surface area contributed by atoms with Gasteiger partial charge in [-0.05, 0) is 42.7 Å². The number of nitrogens with zero attached hydrogens (tertiary/aromatic N) is 1. The number of hydrogen-bond acceptors (Lipinski definition) is 5. The number of H-pyrrole nitrogens is 1. The number of thioether (sulfide) groups is 1. The average Bonchev–Trinajstić information content (AvgIpc) is 2.75. The fraction of sp³-hybridized carbons (Fsp3) is 0.261. The Morgan fingerprint density at radius 1 is 1.23 bits per heavy atom. The number of aromatic nitrogens is 2. The summed E-state index contributed by atoms with van der Waals surface area (Å²) in [7, 11) is 1.62. The number of methoxy groups -OCH3 is 1. The molecule has 0 atom stereocenters. The molecule has 6 nitrogen and oxygen atoms in total. The maximum Gasteiger partial charge on any atom is 0.255 e. The molecule has 0 aliphatic rings. The van der Waals surface area contributed by atoms with Crippen LogP contribution in [0.1, 0.15) is 22.4 Å². The normalized spacial score (nSPS) is 10.7.